The third-order valence-electron chi connectivity index (χ3n) is 6.60. The molecule has 0 unspecified atom stereocenters. The number of benzene rings is 3. The molecule has 6 heteroatoms. The van der Waals surface area contributed by atoms with E-state index in [4.69, 9.17) is 9.47 Å². The van der Waals surface area contributed by atoms with Gasteiger partial charge in [-0.1, -0.05) is 54.6 Å². The lowest BCUT2D eigenvalue weighted by atomic mass is 10.1. The molecular weight excluding hydrogens is 426 g/mol. The molecule has 0 bridgehead atoms. The standard InChI is InChI=1S/C28H29N3O3/c1-20-24(28(32)31(29(20)2)22-12-5-4-6-13-22)18-30-17-21-11-7-9-15-25(21)34-27(19-30)23-14-8-10-16-26(23)33-3/h4-16,27H,17-19H2,1-3H3/t27-/m1/s1. The lowest BCUT2D eigenvalue weighted by Gasteiger charge is -2.25. The lowest BCUT2D eigenvalue weighted by Crippen LogP contribution is -2.30. The van der Waals surface area contributed by atoms with Crippen LogP contribution in [0.5, 0.6) is 11.5 Å². The summed E-state index contributed by atoms with van der Waals surface area (Å²) in [6.45, 7) is 3.87. The van der Waals surface area contributed by atoms with Gasteiger partial charge in [-0.15, -0.1) is 0 Å². The predicted octanol–water partition coefficient (Wildman–Crippen LogP) is 4.63. The van der Waals surface area contributed by atoms with Crippen LogP contribution in [-0.2, 0) is 20.1 Å². The van der Waals surface area contributed by atoms with Crippen LogP contribution in [0.15, 0.2) is 83.7 Å². The molecule has 2 heterocycles. The lowest BCUT2D eigenvalue weighted by molar-refractivity contribution is 0.141. The Morgan fingerprint density at radius 3 is 2.47 bits per heavy atom. The van der Waals surface area contributed by atoms with Crippen LogP contribution in [0.1, 0.15) is 28.5 Å². The minimum absolute atomic E-state index is 0.0125. The summed E-state index contributed by atoms with van der Waals surface area (Å²) in [6.07, 6.45) is -0.222. The summed E-state index contributed by atoms with van der Waals surface area (Å²) in [4.78, 5) is 15.8. The van der Waals surface area contributed by atoms with Crippen LogP contribution in [0.4, 0.5) is 0 Å². The SMILES string of the molecule is COc1ccccc1[C@H]1CN(Cc2c(C)n(C)n(-c3ccccc3)c2=O)Cc2ccccc2O1. The van der Waals surface area contributed by atoms with E-state index in [1.165, 1.54) is 0 Å². The van der Waals surface area contributed by atoms with Crippen molar-refractivity contribution in [3.05, 3.63) is 112 Å². The van der Waals surface area contributed by atoms with E-state index in [0.29, 0.717) is 19.6 Å². The zero-order valence-corrected chi connectivity index (χ0v) is 19.8. The minimum atomic E-state index is -0.222. The third-order valence-corrected chi connectivity index (χ3v) is 6.60. The fourth-order valence-electron chi connectivity index (χ4n) is 4.72. The second-order valence-corrected chi connectivity index (χ2v) is 8.67. The van der Waals surface area contributed by atoms with Gasteiger partial charge >= 0.3 is 0 Å². The van der Waals surface area contributed by atoms with Gasteiger partial charge in [-0.3, -0.25) is 14.4 Å². The number of para-hydroxylation sites is 3. The van der Waals surface area contributed by atoms with E-state index in [0.717, 1.165) is 39.6 Å². The molecule has 1 aromatic heterocycles. The maximum atomic E-state index is 13.5. The van der Waals surface area contributed by atoms with Gasteiger partial charge in [0.05, 0.1) is 18.4 Å². The highest BCUT2D eigenvalue weighted by molar-refractivity contribution is 5.40. The van der Waals surface area contributed by atoms with Crippen LogP contribution in [-0.4, -0.2) is 27.9 Å². The molecule has 0 N–H and O–H groups in total. The quantitative estimate of drug-likeness (QED) is 0.440. The van der Waals surface area contributed by atoms with E-state index >= 15 is 0 Å². The highest BCUT2D eigenvalue weighted by atomic mass is 16.5. The van der Waals surface area contributed by atoms with Gasteiger partial charge in [-0.25, -0.2) is 4.68 Å². The van der Waals surface area contributed by atoms with Crippen LogP contribution in [0.3, 0.4) is 0 Å². The topological polar surface area (TPSA) is 48.6 Å². The summed E-state index contributed by atoms with van der Waals surface area (Å²) < 4.78 is 15.8. The molecule has 5 rings (SSSR count). The maximum absolute atomic E-state index is 13.5. The van der Waals surface area contributed by atoms with Crippen molar-refractivity contribution < 1.29 is 9.47 Å². The van der Waals surface area contributed by atoms with E-state index in [2.05, 4.69) is 11.0 Å². The van der Waals surface area contributed by atoms with Crippen LogP contribution in [0, 0.1) is 6.92 Å². The first-order valence-corrected chi connectivity index (χ1v) is 11.5. The molecule has 174 valence electrons. The molecule has 0 fully saturated rings. The summed E-state index contributed by atoms with van der Waals surface area (Å²) in [6, 6.07) is 25.9. The number of rotatable bonds is 5. The molecule has 0 aliphatic carbocycles. The predicted molar refractivity (Wildman–Crippen MR) is 133 cm³/mol. The fraction of sp³-hybridized carbons (Fsp3) is 0.250. The van der Waals surface area contributed by atoms with Crippen molar-refractivity contribution in [1.29, 1.82) is 0 Å². The monoisotopic (exact) mass is 455 g/mol. The Morgan fingerprint density at radius 1 is 0.971 bits per heavy atom. The van der Waals surface area contributed by atoms with Gasteiger partial charge in [0.15, 0.2) is 0 Å². The molecular formula is C28H29N3O3. The maximum Gasteiger partial charge on any atom is 0.276 e. The molecule has 4 aromatic rings. The Kier molecular flexibility index (Phi) is 5.99. The van der Waals surface area contributed by atoms with Crippen molar-refractivity contribution in [2.75, 3.05) is 13.7 Å². The van der Waals surface area contributed by atoms with Gasteiger partial charge in [0.25, 0.3) is 5.56 Å². The number of ether oxygens (including phenoxy) is 2. The molecule has 1 atom stereocenters. The Hall–Kier alpha value is -3.77. The van der Waals surface area contributed by atoms with E-state index in [-0.39, 0.29) is 11.7 Å². The van der Waals surface area contributed by atoms with Crippen molar-refractivity contribution >= 4 is 0 Å². The van der Waals surface area contributed by atoms with Gasteiger partial charge < -0.3 is 9.47 Å². The number of aromatic nitrogens is 2. The minimum Gasteiger partial charge on any atom is -0.496 e. The van der Waals surface area contributed by atoms with Gasteiger partial charge in [0.1, 0.15) is 17.6 Å². The second kappa shape index (κ2) is 9.23. The number of fused-ring (bicyclic) bond motifs is 1. The molecule has 0 saturated heterocycles. The van der Waals surface area contributed by atoms with Crippen molar-refractivity contribution in [1.82, 2.24) is 14.3 Å². The Balaban J connectivity index is 1.53. The molecule has 0 spiro atoms. The smallest absolute Gasteiger partial charge is 0.276 e. The zero-order chi connectivity index (χ0) is 23.7. The average Bonchev–Trinajstić information content (AvgIpc) is 3.00. The van der Waals surface area contributed by atoms with Crippen LogP contribution in [0.2, 0.25) is 0 Å². The molecule has 0 amide bonds. The van der Waals surface area contributed by atoms with Crippen LogP contribution >= 0.6 is 0 Å². The van der Waals surface area contributed by atoms with Crippen molar-refractivity contribution in [3.8, 4) is 17.2 Å². The molecule has 0 radical (unpaired) electrons. The highest BCUT2D eigenvalue weighted by Gasteiger charge is 2.28. The van der Waals surface area contributed by atoms with Crippen molar-refractivity contribution in [2.45, 2.75) is 26.1 Å². The van der Waals surface area contributed by atoms with Gasteiger partial charge in [0.2, 0.25) is 0 Å². The van der Waals surface area contributed by atoms with E-state index in [1.54, 1.807) is 11.8 Å². The first-order chi connectivity index (χ1) is 16.6. The largest absolute Gasteiger partial charge is 0.496 e. The molecule has 1 aliphatic heterocycles. The van der Waals surface area contributed by atoms with E-state index in [9.17, 15) is 4.79 Å². The molecule has 3 aromatic carbocycles. The van der Waals surface area contributed by atoms with E-state index in [1.807, 2.05) is 91.4 Å². The summed E-state index contributed by atoms with van der Waals surface area (Å²) in [5, 5.41) is 0. The van der Waals surface area contributed by atoms with Gasteiger partial charge in [-0.2, -0.15) is 0 Å². The van der Waals surface area contributed by atoms with Gasteiger partial charge in [0, 0.05) is 43.5 Å². The fourth-order valence-corrected chi connectivity index (χ4v) is 4.72. The highest BCUT2D eigenvalue weighted by Crippen LogP contribution is 2.35. The van der Waals surface area contributed by atoms with Crippen LogP contribution in [0.25, 0.3) is 5.69 Å². The third kappa shape index (κ3) is 4.01. The molecule has 1 aliphatic rings. The van der Waals surface area contributed by atoms with Crippen LogP contribution < -0.4 is 15.0 Å². The normalized spacial score (nSPS) is 15.9. The first kappa shape index (κ1) is 22.0. The number of hydrogen-bond acceptors (Lipinski definition) is 4. The molecule has 0 saturated carbocycles. The summed E-state index contributed by atoms with van der Waals surface area (Å²) in [5.74, 6) is 1.67. The second-order valence-electron chi connectivity index (χ2n) is 8.67. The summed E-state index contributed by atoms with van der Waals surface area (Å²) in [5.41, 5.74) is 4.74. The summed E-state index contributed by atoms with van der Waals surface area (Å²) >= 11 is 0. The number of hydrogen-bond donors (Lipinski definition) is 0. The molecule has 34 heavy (non-hydrogen) atoms. The molecule has 6 nitrogen and oxygen atoms in total. The number of nitrogens with zero attached hydrogens (tertiary/aromatic N) is 3. The van der Waals surface area contributed by atoms with Gasteiger partial charge in [-0.05, 0) is 31.2 Å². The summed E-state index contributed by atoms with van der Waals surface area (Å²) in [7, 11) is 3.62. The van der Waals surface area contributed by atoms with E-state index < -0.39 is 0 Å². The Bertz CT molecular complexity index is 1360. The van der Waals surface area contributed by atoms with Crippen molar-refractivity contribution in [3.63, 3.8) is 0 Å². The van der Waals surface area contributed by atoms with Crippen molar-refractivity contribution in [2.24, 2.45) is 7.05 Å². The average molecular weight is 456 g/mol. The Morgan fingerprint density at radius 2 is 1.68 bits per heavy atom. The first-order valence-electron chi connectivity index (χ1n) is 11.5. The number of methoxy groups -OCH3 is 1. The zero-order valence-electron chi connectivity index (χ0n) is 19.8. The Labute approximate surface area is 199 Å².